The minimum absolute atomic E-state index is 0.134. The molecule has 0 aliphatic carbocycles. The van der Waals surface area contributed by atoms with Crippen LogP contribution >= 0.6 is 0 Å². The molecule has 6 nitrogen and oxygen atoms in total. The molecule has 1 aromatic carbocycles. The lowest BCUT2D eigenvalue weighted by molar-refractivity contribution is -0.146. The van der Waals surface area contributed by atoms with Crippen LogP contribution in [0, 0.1) is 5.92 Å². The molecule has 27 heavy (non-hydrogen) atoms. The van der Waals surface area contributed by atoms with Crippen LogP contribution in [0.4, 0.5) is 0 Å². The Hall–Kier alpha value is -1.63. The first-order chi connectivity index (χ1) is 13.2. The van der Waals surface area contributed by atoms with Crippen LogP contribution in [0.15, 0.2) is 24.3 Å². The molecule has 1 amide bonds. The molecule has 2 saturated heterocycles. The molecule has 2 aliphatic heterocycles. The molecule has 0 unspecified atom stereocenters. The Kier molecular flexibility index (Phi) is 7.50. The number of carbonyl (C=O) groups excluding carboxylic acids is 1. The van der Waals surface area contributed by atoms with E-state index in [1.807, 2.05) is 17.0 Å². The predicted octanol–water partition coefficient (Wildman–Crippen LogP) is 1.40. The first-order valence-corrected chi connectivity index (χ1v) is 10.1. The van der Waals surface area contributed by atoms with E-state index in [1.54, 1.807) is 7.11 Å². The third-order valence-electron chi connectivity index (χ3n) is 5.66. The van der Waals surface area contributed by atoms with Crippen molar-refractivity contribution < 1.29 is 14.3 Å². The number of methoxy groups -OCH3 is 1. The maximum atomic E-state index is 13.1. The van der Waals surface area contributed by atoms with Crippen LogP contribution in [0.1, 0.15) is 18.4 Å². The van der Waals surface area contributed by atoms with Crippen LogP contribution in [0.25, 0.3) is 0 Å². The highest BCUT2D eigenvalue weighted by Crippen LogP contribution is 2.19. The Bertz CT molecular complexity index is 579. The number of piperidine rings is 1. The Morgan fingerprint density at radius 3 is 2.67 bits per heavy atom. The number of carbonyl (C=O) groups is 1. The van der Waals surface area contributed by atoms with Crippen LogP contribution in [-0.2, 0) is 16.0 Å². The summed E-state index contributed by atoms with van der Waals surface area (Å²) in [5.74, 6) is 1.58. The number of rotatable bonds is 7. The molecular weight excluding hydrogens is 342 g/mol. The highest BCUT2D eigenvalue weighted by Gasteiger charge is 2.29. The second-order valence-electron chi connectivity index (χ2n) is 7.69. The van der Waals surface area contributed by atoms with Gasteiger partial charge in [-0.05, 0) is 63.0 Å². The summed E-state index contributed by atoms with van der Waals surface area (Å²) in [6.07, 6.45) is 2.82. The molecule has 0 radical (unpaired) electrons. The smallest absolute Gasteiger partial charge is 0.253 e. The zero-order valence-corrected chi connectivity index (χ0v) is 16.7. The Morgan fingerprint density at radius 1 is 1.30 bits per heavy atom. The number of hydrogen-bond acceptors (Lipinski definition) is 5. The van der Waals surface area contributed by atoms with Gasteiger partial charge in [-0.25, -0.2) is 0 Å². The van der Waals surface area contributed by atoms with Crippen molar-refractivity contribution >= 4 is 5.91 Å². The van der Waals surface area contributed by atoms with Crippen molar-refractivity contribution in [3.63, 3.8) is 0 Å². The minimum Gasteiger partial charge on any atom is -0.497 e. The molecule has 1 N–H and O–H groups in total. The highest BCUT2D eigenvalue weighted by atomic mass is 16.5. The van der Waals surface area contributed by atoms with Gasteiger partial charge < -0.3 is 24.6 Å². The first-order valence-electron chi connectivity index (χ1n) is 10.1. The summed E-state index contributed by atoms with van der Waals surface area (Å²) in [6, 6.07) is 8.12. The van der Waals surface area contributed by atoms with Gasteiger partial charge in [0.25, 0.3) is 5.91 Å². The standard InChI is InChI=1S/C21H33N3O3/c1-23-11-7-18(8-12-23)16-24(21(25)20-15-22-10-14-27-20)13-9-17-3-5-19(26-2)6-4-17/h3-6,18,20,22H,7-16H2,1-2H3/t20-/m1/s1. The van der Waals surface area contributed by atoms with E-state index in [0.29, 0.717) is 19.1 Å². The quantitative estimate of drug-likeness (QED) is 0.781. The van der Waals surface area contributed by atoms with E-state index in [-0.39, 0.29) is 12.0 Å². The van der Waals surface area contributed by atoms with Crippen molar-refractivity contribution in [1.82, 2.24) is 15.1 Å². The van der Waals surface area contributed by atoms with Crippen molar-refractivity contribution in [2.24, 2.45) is 5.92 Å². The van der Waals surface area contributed by atoms with E-state index < -0.39 is 0 Å². The Morgan fingerprint density at radius 2 is 2.04 bits per heavy atom. The first kappa shape index (κ1) is 20.1. The van der Waals surface area contributed by atoms with Crippen LogP contribution in [0.5, 0.6) is 5.75 Å². The van der Waals surface area contributed by atoms with Gasteiger partial charge in [0.2, 0.25) is 0 Å². The van der Waals surface area contributed by atoms with Gasteiger partial charge in [-0.15, -0.1) is 0 Å². The van der Waals surface area contributed by atoms with Crippen molar-refractivity contribution in [2.75, 3.05) is 60.0 Å². The number of benzene rings is 1. The fourth-order valence-corrected chi connectivity index (χ4v) is 3.83. The molecule has 2 fully saturated rings. The van der Waals surface area contributed by atoms with Gasteiger partial charge in [-0.3, -0.25) is 4.79 Å². The molecule has 0 aromatic heterocycles. The lowest BCUT2D eigenvalue weighted by atomic mass is 9.96. The summed E-state index contributed by atoms with van der Waals surface area (Å²) in [6.45, 7) is 5.85. The van der Waals surface area contributed by atoms with E-state index in [9.17, 15) is 4.79 Å². The van der Waals surface area contributed by atoms with Gasteiger partial charge in [0, 0.05) is 26.2 Å². The maximum absolute atomic E-state index is 13.1. The minimum atomic E-state index is -0.346. The van der Waals surface area contributed by atoms with E-state index >= 15 is 0 Å². The van der Waals surface area contributed by atoms with Gasteiger partial charge in [-0.1, -0.05) is 12.1 Å². The van der Waals surface area contributed by atoms with Crippen LogP contribution in [0.2, 0.25) is 0 Å². The Labute approximate surface area is 162 Å². The molecule has 3 rings (SSSR count). The highest BCUT2D eigenvalue weighted by molar-refractivity contribution is 5.81. The predicted molar refractivity (Wildman–Crippen MR) is 106 cm³/mol. The van der Waals surface area contributed by atoms with E-state index in [2.05, 4.69) is 29.4 Å². The van der Waals surface area contributed by atoms with Crippen LogP contribution < -0.4 is 10.1 Å². The Balaban J connectivity index is 1.61. The average molecular weight is 376 g/mol. The van der Waals surface area contributed by atoms with Gasteiger partial charge in [0.1, 0.15) is 11.9 Å². The van der Waals surface area contributed by atoms with E-state index in [4.69, 9.17) is 9.47 Å². The second-order valence-corrected chi connectivity index (χ2v) is 7.69. The molecule has 2 heterocycles. The number of nitrogens with zero attached hydrogens (tertiary/aromatic N) is 2. The molecule has 2 aliphatic rings. The average Bonchev–Trinajstić information content (AvgIpc) is 2.73. The van der Waals surface area contributed by atoms with Crippen molar-refractivity contribution in [1.29, 1.82) is 0 Å². The summed E-state index contributed by atoms with van der Waals surface area (Å²) in [4.78, 5) is 17.5. The topological polar surface area (TPSA) is 54.0 Å². The number of likely N-dealkylation sites (tertiary alicyclic amines) is 1. The number of hydrogen-bond donors (Lipinski definition) is 1. The van der Waals surface area contributed by atoms with Crippen molar-refractivity contribution in [3.8, 4) is 5.75 Å². The summed E-state index contributed by atoms with van der Waals surface area (Å²) in [5, 5.41) is 3.27. The summed E-state index contributed by atoms with van der Waals surface area (Å²) >= 11 is 0. The van der Waals surface area contributed by atoms with Gasteiger partial charge >= 0.3 is 0 Å². The van der Waals surface area contributed by atoms with E-state index in [0.717, 1.165) is 57.7 Å². The van der Waals surface area contributed by atoms with E-state index in [1.165, 1.54) is 5.56 Å². The van der Waals surface area contributed by atoms with Crippen LogP contribution in [0.3, 0.4) is 0 Å². The lowest BCUT2D eigenvalue weighted by Crippen LogP contribution is -2.51. The number of ether oxygens (including phenoxy) is 2. The number of nitrogens with one attached hydrogen (secondary N) is 1. The third kappa shape index (κ3) is 5.92. The molecule has 0 bridgehead atoms. The molecule has 0 saturated carbocycles. The van der Waals surface area contributed by atoms with Crippen LogP contribution in [-0.4, -0.2) is 81.8 Å². The fourth-order valence-electron chi connectivity index (χ4n) is 3.83. The lowest BCUT2D eigenvalue weighted by Gasteiger charge is -2.35. The summed E-state index contributed by atoms with van der Waals surface area (Å²) < 4.78 is 11.0. The van der Waals surface area contributed by atoms with Crippen molar-refractivity contribution in [3.05, 3.63) is 29.8 Å². The van der Waals surface area contributed by atoms with Gasteiger partial charge in [0.15, 0.2) is 0 Å². The monoisotopic (exact) mass is 375 g/mol. The zero-order chi connectivity index (χ0) is 19.1. The molecule has 150 valence electrons. The summed E-state index contributed by atoms with van der Waals surface area (Å²) in [5.41, 5.74) is 1.22. The summed E-state index contributed by atoms with van der Waals surface area (Å²) in [7, 11) is 3.85. The molecule has 6 heteroatoms. The van der Waals surface area contributed by atoms with Crippen molar-refractivity contribution in [2.45, 2.75) is 25.4 Å². The second kappa shape index (κ2) is 10.1. The molecule has 0 spiro atoms. The SMILES string of the molecule is COc1ccc(CCN(CC2CCN(C)CC2)C(=O)[C@H]2CNCCO2)cc1. The zero-order valence-electron chi connectivity index (χ0n) is 16.7. The number of morpholine rings is 1. The number of amides is 1. The fraction of sp³-hybridized carbons (Fsp3) is 0.667. The largest absolute Gasteiger partial charge is 0.497 e. The molecule has 1 aromatic rings. The molecule has 1 atom stereocenters. The third-order valence-corrected chi connectivity index (χ3v) is 5.66. The molecular formula is C21H33N3O3. The van der Waals surface area contributed by atoms with Gasteiger partial charge in [0.05, 0.1) is 13.7 Å². The normalized spacial score (nSPS) is 21.8. The van der Waals surface area contributed by atoms with Gasteiger partial charge in [-0.2, -0.15) is 0 Å². The maximum Gasteiger partial charge on any atom is 0.253 e.